The Labute approximate surface area is 168 Å². The third kappa shape index (κ3) is 5.10. The van der Waals surface area contributed by atoms with Crippen molar-refractivity contribution in [3.8, 4) is 5.75 Å². The highest BCUT2D eigenvalue weighted by Gasteiger charge is 2.25. The number of carbonyl (C=O) groups is 3. The van der Waals surface area contributed by atoms with Crippen LogP contribution >= 0.6 is 11.6 Å². The molecular formula is C21H21ClN2O4. The van der Waals surface area contributed by atoms with Crippen molar-refractivity contribution >= 4 is 29.4 Å². The molecule has 7 heteroatoms. The van der Waals surface area contributed by atoms with Gasteiger partial charge in [0.15, 0.2) is 0 Å². The molecule has 0 saturated carbocycles. The fourth-order valence-corrected chi connectivity index (χ4v) is 3.21. The van der Waals surface area contributed by atoms with Gasteiger partial charge in [0.1, 0.15) is 5.75 Å². The zero-order valence-electron chi connectivity index (χ0n) is 15.6. The first-order valence-electron chi connectivity index (χ1n) is 9.02. The maximum absolute atomic E-state index is 12.7. The van der Waals surface area contributed by atoms with Gasteiger partial charge in [0.05, 0.1) is 6.42 Å². The van der Waals surface area contributed by atoms with Crippen molar-refractivity contribution < 1.29 is 19.1 Å². The predicted molar refractivity (Wildman–Crippen MR) is 105 cm³/mol. The Morgan fingerprint density at radius 2 is 1.61 bits per heavy atom. The molecule has 0 radical (unpaired) electrons. The molecule has 3 rings (SSSR count). The lowest BCUT2D eigenvalue weighted by molar-refractivity contribution is -0.132. The van der Waals surface area contributed by atoms with Gasteiger partial charge in [-0.25, -0.2) is 0 Å². The molecule has 2 aromatic rings. The van der Waals surface area contributed by atoms with E-state index in [1.165, 1.54) is 6.92 Å². The molecule has 2 amide bonds. The highest BCUT2D eigenvalue weighted by atomic mass is 35.5. The fraction of sp³-hybridized carbons (Fsp3) is 0.286. The first kappa shape index (κ1) is 19.9. The smallest absolute Gasteiger partial charge is 0.308 e. The van der Waals surface area contributed by atoms with Crippen LogP contribution in [0.5, 0.6) is 5.75 Å². The highest BCUT2D eigenvalue weighted by Crippen LogP contribution is 2.17. The highest BCUT2D eigenvalue weighted by molar-refractivity contribution is 6.30. The molecule has 6 nitrogen and oxygen atoms in total. The van der Waals surface area contributed by atoms with Crippen LogP contribution in [0.4, 0.5) is 0 Å². The molecule has 0 spiro atoms. The van der Waals surface area contributed by atoms with E-state index in [1.54, 1.807) is 46.2 Å². The van der Waals surface area contributed by atoms with Crippen LogP contribution in [0.25, 0.3) is 0 Å². The zero-order chi connectivity index (χ0) is 20.1. The van der Waals surface area contributed by atoms with Gasteiger partial charge < -0.3 is 14.5 Å². The van der Waals surface area contributed by atoms with E-state index >= 15 is 0 Å². The van der Waals surface area contributed by atoms with Crippen LogP contribution in [0.3, 0.4) is 0 Å². The number of nitrogens with zero attached hydrogens (tertiary/aromatic N) is 2. The van der Waals surface area contributed by atoms with E-state index in [9.17, 15) is 14.4 Å². The van der Waals surface area contributed by atoms with Gasteiger partial charge in [0, 0.05) is 43.7 Å². The average molecular weight is 401 g/mol. The van der Waals surface area contributed by atoms with Crippen LogP contribution in [0.1, 0.15) is 22.8 Å². The number of amides is 2. The molecule has 1 aliphatic heterocycles. The Balaban J connectivity index is 1.55. The second-order valence-corrected chi connectivity index (χ2v) is 7.03. The first-order valence-corrected chi connectivity index (χ1v) is 9.40. The molecule has 1 aliphatic rings. The Bertz CT molecular complexity index is 874. The van der Waals surface area contributed by atoms with E-state index in [4.69, 9.17) is 16.3 Å². The number of hydrogen-bond donors (Lipinski definition) is 0. The van der Waals surface area contributed by atoms with E-state index in [-0.39, 0.29) is 11.8 Å². The van der Waals surface area contributed by atoms with Crippen LogP contribution in [-0.2, 0) is 16.0 Å². The third-order valence-electron chi connectivity index (χ3n) is 4.53. The topological polar surface area (TPSA) is 66.9 Å². The quantitative estimate of drug-likeness (QED) is 0.584. The van der Waals surface area contributed by atoms with Crippen LogP contribution < -0.4 is 4.74 Å². The van der Waals surface area contributed by atoms with E-state index in [0.717, 1.165) is 5.56 Å². The minimum absolute atomic E-state index is 0.0336. The number of piperazine rings is 1. The number of esters is 1. The van der Waals surface area contributed by atoms with Crippen LogP contribution in [0.15, 0.2) is 48.5 Å². The summed E-state index contributed by atoms with van der Waals surface area (Å²) in [5.74, 6) is -0.197. The standard InChI is InChI=1S/C21H21ClN2O4/c1-15(25)28-19-4-2-3-17(14-19)21(27)24-11-9-23(10-12-24)20(26)13-16-5-7-18(22)8-6-16/h2-8,14H,9-13H2,1H3. The Morgan fingerprint density at radius 3 is 2.25 bits per heavy atom. The Kier molecular flexibility index (Phi) is 6.31. The van der Waals surface area contributed by atoms with Crippen molar-refractivity contribution in [2.75, 3.05) is 26.2 Å². The summed E-state index contributed by atoms with van der Waals surface area (Å²) in [6.07, 6.45) is 0.315. The summed E-state index contributed by atoms with van der Waals surface area (Å²) in [4.78, 5) is 39.8. The molecule has 28 heavy (non-hydrogen) atoms. The molecule has 0 aliphatic carbocycles. The summed E-state index contributed by atoms with van der Waals surface area (Å²) in [7, 11) is 0. The normalized spacial score (nSPS) is 13.9. The zero-order valence-corrected chi connectivity index (χ0v) is 16.3. The van der Waals surface area contributed by atoms with Crippen LogP contribution in [-0.4, -0.2) is 53.8 Å². The number of halogens is 1. The maximum Gasteiger partial charge on any atom is 0.308 e. The molecule has 0 N–H and O–H groups in total. The molecule has 2 aromatic carbocycles. The number of hydrogen-bond acceptors (Lipinski definition) is 4. The molecule has 1 fully saturated rings. The van der Waals surface area contributed by atoms with Crippen molar-refractivity contribution in [3.63, 3.8) is 0 Å². The lowest BCUT2D eigenvalue weighted by Gasteiger charge is -2.35. The molecule has 0 aromatic heterocycles. The van der Waals surface area contributed by atoms with Gasteiger partial charge in [0.25, 0.3) is 5.91 Å². The second kappa shape index (κ2) is 8.89. The largest absolute Gasteiger partial charge is 0.427 e. The van der Waals surface area contributed by atoms with Gasteiger partial charge >= 0.3 is 5.97 Å². The number of benzene rings is 2. The van der Waals surface area contributed by atoms with Crippen LogP contribution in [0.2, 0.25) is 5.02 Å². The molecule has 0 atom stereocenters. The monoisotopic (exact) mass is 400 g/mol. The first-order chi connectivity index (χ1) is 13.4. The van der Waals surface area contributed by atoms with Gasteiger partial charge in [0.2, 0.25) is 5.91 Å². The summed E-state index contributed by atoms with van der Waals surface area (Å²) >= 11 is 5.87. The molecule has 1 saturated heterocycles. The van der Waals surface area contributed by atoms with E-state index in [2.05, 4.69) is 0 Å². The second-order valence-electron chi connectivity index (χ2n) is 6.60. The lowest BCUT2D eigenvalue weighted by Crippen LogP contribution is -2.51. The third-order valence-corrected chi connectivity index (χ3v) is 4.78. The summed E-state index contributed by atoms with van der Waals surface area (Å²) in [5, 5.41) is 0.640. The summed E-state index contributed by atoms with van der Waals surface area (Å²) in [5.41, 5.74) is 1.37. The lowest BCUT2D eigenvalue weighted by atomic mass is 10.1. The van der Waals surface area contributed by atoms with Crippen molar-refractivity contribution in [1.29, 1.82) is 0 Å². The number of carbonyl (C=O) groups excluding carboxylic acids is 3. The summed E-state index contributed by atoms with van der Waals surface area (Å²) < 4.78 is 5.03. The fourth-order valence-electron chi connectivity index (χ4n) is 3.09. The summed E-state index contributed by atoms with van der Waals surface area (Å²) in [6, 6.07) is 13.8. The molecule has 1 heterocycles. The van der Waals surface area contributed by atoms with Crippen LogP contribution in [0, 0.1) is 0 Å². The summed E-state index contributed by atoms with van der Waals surface area (Å²) in [6.45, 7) is 3.21. The number of rotatable bonds is 4. The van der Waals surface area contributed by atoms with Gasteiger partial charge in [-0.1, -0.05) is 29.8 Å². The maximum atomic E-state index is 12.7. The van der Waals surface area contributed by atoms with Gasteiger partial charge in [-0.05, 0) is 35.9 Å². The van der Waals surface area contributed by atoms with Gasteiger partial charge in [-0.15, -0.1) is 0 Å². The van der Waals surface area contributed by atoms with Crippen molar-refractivity contribution in [2.45, 2.75) is 13.3 Å². The molecular weight excluding hydrogens is 380 g/mol. The minimum Gasteiger partial charge on any atom is -0.427 e. The SMILES string of the molecule is CC(=O)Oc1cccc(C(=O)N2CCN(C(=O)Cc3ccc(Cl)cc3)CC2)c1. The number of ether oxygens (including phenoxy) is 1. The Morgan fingerprint density at radius 1 is 0.964 bits per heavy atom. The molecule has 0 unspecified atom stereocenters. The van der Waals surface area contributed by atoms with E-state index in [1.807, 2.05) is 12.1 Å². The van der Waals surface area contributed by atoms with Gasteiger partial charge in [-0.3, -0.25) is 14.4 Å². The Hall–Kier alpha value is -2.86. The molecule has 0 bridgehead atoms. The van der Waals surface area contributed by atoms with Crippen molar-refractivity contribution in [1.82, 2.24) is 9.80 Å². The molecule has 146 valence electrons. The average Bonchev–Trinajstić information content (AvgIpc) is 2.69. The minimum atomic E-state index is -0.433. The predicted octanol–water partition coefficient (Wildman–Crippen LogP) is 2.79. The van der Waals surface area contributed by atoms with Gasteiger partial charge in [-0.2, -0.15) is 0 Å². The van der Waals surface area contributed by atoms with E-state index < -0.39 is 5.97 Å². The van der Waals surface area contributed by atoms with Crippen molar-refractivity contribution in [2.24, 2.45) is 0 Å². The van der Waals surface area contributed by atoms with Crippen molar-refractivity contribution in [3.05, 3.63) is 64.7 Å². The van der Waals surface area contributed by atoms with E-state index in [0.29, 0.717) is 48.9 Å².